The molecule has 0 N–H and O–H groups in total. The summed E-state index contributed by atoms with van der Waals surface area (Å²) in [6.45, 7) is 0. The highest BCUT2D eigenvalue weighted by atomic mass is 32.1. The van der Waals surface area contributed by atoms with Crippen LogP contribution in [0, 0.1) is 0 Å². The van der Waals surface area contributed by atoms with Crippen molar-refractivity contribution in [1.82, 2.24) is 4.98 Å². The Hall–Kier alpha value is -4.23. The number of benzene rings is 4. The van der Waals surface area contributed by atoms with Crippen molar-refractivity contribution in [2.24, 2.45) is 5.10 Å². The van der Waals surface area contributed by atoms with Crippen molar-refractivity contribution in [3.8, 4) is 11.5 Å². The molecule has 1 heterocycles. The normalized spacial score (nSPS) is 11.2. The molecule has 7 heteroatoms. The number of ether oxygens (including phenoxy) is 2. The molecule has 0 aliphatic rings. The van der Waals surface area contributed by atoms with E-state index in [2.05, 4.69) is 10.1 Å². The number of aromatic nitrogens is 1. The molecule has 0 saturated heterocycles. The van der Waals surface area contributed by atoms with Crippen LogP contribution in [0.2, 0.25) is 0 Å². The van der Waals surface area contributed by atoms with Crippen LogP contribution in [0.1, 0.15) is 15.9 Å². The van der Waals surface area contributed by atoms with Gasteiger partial charge in [-0.1, -0.05) is 41.7 Å². The minimum Gasteiger partial charge on any atom is -0.497 e. The second-order valence-electron chi connectivity index (χ2n) is 7.53. The number of carbonyl (C=O) groups is 1. The lowest BCUT2D eigenvalue weighted by atomic mass is 10.1. The van der Waals surface area contributed by atoms with Gasteiger partial charge in [-0.3, -0.25) is 4.79 Å². The molecule has 0 unspecified atom stereocenters. The van der Waals surface area contributed by atoms with Gasteiger partial charge in [-0.25, -0.2) is 4.98 Å². The van der Waals surface area contributed by atoms with Crippen molar-refractivity contribution in [2.45, 2.75) is 0 Å². The monoisotopic (exact) mass is 467 g/mol. The molecule has 0 fully saturated rings. The van der Waals surface area contributed by atoms with Crippen LogP contribution in [-0.4, -0.2) is 31.3 Å². The van der Waals surface area contributed by atoms with Crippen LogP contribution in [0.4, 0.5) is 5.13 Å². The highest BCUT2D eigenvalue weighted by Gasteiger charge is 2.21. The van der Waals surface area contributed by atoms with Crippen molar-refractivity contribution in [2.75, 3.05) is 19.2 Å². The summed E-state index contributed by atoms with van der Waals surface area (Å²) in [4.78, 5) is 18.3. The SMILES string of the molecule is COc1ccc(/C=N/N(C(=O)c2ccc3ccccc3c2)c2nc3ccc(OC)cc3s2)cc1. The molecule has 5 aromatic rings. The van der Waals surface area contributed by atoms with E-state index in [1.54, 1.807) is 20.4 Å². The third kappa shape index (κ3) is 4.33. The Balaban J connectivity index is 1.56. The summed E-state index contributed by atoms with van der Waals surface area (Å²) >= 11 is 1.38. The van der Waals surface area contributed by atoms with E-state index in [0.717, 1.165) is 38.1 Å². The predicted octanol–water partition coefficient (Wildman–Crippen LogP) is 6.15. The van der Waals surface area contributed by atoms with Crippen LogP contribution in [0.15, 0.2) is 90.0 Å². The molecule has 6 nitrogen and oxygen atoms in total. The van der Waals surface area contributed by atoms with Crippen molar-refractivity contribution in [3.05, 3.63) is 96.1 Å². The highest BCUT2D eigenvalue weighted by molar-refractivity contribution is 7.22. The van der Waals surface area contributed by atoms with Crippen LogP contribution in [0.25, 0.3) is 21.0 Å². The van der Waals surface area contributed by atoms with Crippen LogP contribution < -0.4 is 14.5 Å². The maximum Gasteiger partial charge on any atom is 0.280 e. The topological polar surface area (TPSA) is 64.0 Å². The number of thiazole rings is 1. The number of hydrogen-bond acceptors (Lipinski definition) is 6. The number of nitrogens with zero attached hydrogens (tertiary/aromatic N) is 3. The minimum absolute atomic E-state index is 0.262. The van der Waals surface area contributed by atoms with E-state index in [4.69, 9.17) is 9.47 Å². The van der Waals surface area contributed by atoms with Crippen LogP contribution in [0.3, 0.4) is 0 Å². The highest BCUT2D eigenvalue weighted by Crippen LogP contribution is 2.32. The number of rotatable bonds is 6. The lowest BCUT2D eigenvalue weighted by Crippen LogP contribution is -2.25. The quantitative estimate of drug-likeness (QED) is 0.222. The predicted molar refractivity (Wildman–Crippen MR) is 138 cm³/mol. The van der Waals surface area contributed by atoms with E-state index >= 15 is 0 Å². The molecule has 5 rings (SSSR count). The first kappa shape index (κ1) is 21.6. The van der Waals surface area contributed by atoms with E-state index in [-0.39, 0.29) is 5.91 Å². The molecule has 4 aromatic carbocycles. The molecule has 34 heavy (non-hydrogen) atoms. The number of amides is 1. The Morgan fingerprint density at radius 1 is 0.882 bits per heavy atom. The first-order chi connectivity index (χ1) is 16.6. The second-order valence-corrected chi connectivity index (χ2v) is 8.54. The summed E-state index contributed by atoms with van der Waals surface area (Å²) in [6.07, 6.45) is 1.64. The van der Waals surface area contributed by atoms with Crippen molar-refractivity contribution < 1.29 is 14.3 Å². The molecule has 1 aromatic heterocycles. The van der Waals surface area contributed by atoms with Crippen LogP contribution >= 0.6 is 11.3 Å². The van der Waals surface area contributed by atoms with Gasteiger partial charge >= 0.3 is 0 Å². The molecule has 0 aliphatic heterocycles. The number of carbonyl (C=O) groups excluding carboxylic acids is 1. The largest absolute Gasteiger partial charge is 0.497 e. The maximum absolute atomic E-state index is 13.6. The fraction of sp³-hybridized carbons (Fsp3) is 0.0741. The van der Waals surface area contributed by atoms with Crippen LogP contribution in [-0.2, 0) is 0 Å². The fourth-order valence-corrected chi connectivity index (χ4v) is 4.51. The Bertz CT molecular complexity index is 1510. The zero-order valence-corrected chi connectivity index (χ0v) is 19.5. The number of hydrogen-bond donors (Lipinski definition) is 0. The zero-order chi connectivity index (χ0) is 23.5. The molecule has 0 atom stereocenters. The molecule has 0 aliphatic carbocycles. The number of methoxy groups -OCH3 is 2. The van der Waals surface area contributed by atoms with Gasteiger partial charge in [0.25, 0.3) is 5.91 Å². The zero-order valence-electron chi connectivity index (χ0n) is 18.6. The summed E-state index contributed by atoms with van der Waals surface area (Å²) in [5.41, 5.74) is 2.14. The van der Waals surface area contributed by atoms with Crippen molar-refractivity contribution in [1.29, 1.82) is 0 Å². The second kappa shape index (κ2) is 9.33. The van der Waals surface area contributed by atoms with Gasteiger partial charge in [0.15, 0.2) is 0 Å². The van der Waals surface area contributed by atoms with E-state index in [1.807, 2.05) is 84.9 Å². The van der Waals surface area contributed by atoms with Gasteiger partial charge in [0.2, 0.25) is 5.13 Å². The van der Waals surface area contributed by atoms with Crippen molar-refractivity contribution >= 4 is 49.6 Å². The summed E-state index contributed by atoms with van der Waals surface area (Å²) in [5.74, 6) is 1.22. The molecule has 0 spiro atoms. The van der Waals surface area contributed by atoms with Gasteiger partial charge in [0.05, 0.1) is 30.7 Å². The summed E-state index contributed by atoms with van der Waals surface area (Å²) in [7, 11) is 3.24. The average Bonchev–Trinajstić information content (AvgIpc) is 3.31. The number of anilines is 1. The molecule has 168 valence electrons. The first-order valence-corrected chi connectivity index (χ1v) is 11.4. The standard InChI is InChI=1S/C27H21N3O3S/c1-32-22-11-7-18(8-12-22)17-28-30(27-29-24-14-13-23(33-2)16-25(24)34-27)26(31)21-10-9-19-5-3-4-6-20(19)15-21/h3-17H,1-2H3/b28-17+. The van der Waals surface area contributed by atoms with Gasteiger partial charge in [-0.05, 0) is 70.9 Å². The summed E-state index contributed by atoms with van der Waals surface area (Å²) < 4.78 is 11.5. The number of hydrazone groups is 1. The van der Waals surface area contributed by atoms with E-state index in [9.17, 15) is 4.79 Å². The Kier molecular flexibility index (Phi) is 5.93. The molecule has 1 amide bonds. The molecular weight excluding hydrogens is 446 g/mol. The third-order valence-electron chi connectivity index (χ3n) is 5.39. The Morgan fingerprint density at radius 2 is 1.62 bits per heavy atom. The first-order valence-electron chi connectivity index (χ1n) is 10.6. The van der Waals surface area contributed by atoms with Gasteiger partial charge in [0.1, 0.15) is 11.5 Å². The number of fused-ring (bicyclic) bond motifs is 2. The van der Waals surface area contributed by atoms with Gasteiger partial charge in [0, 0.05) is 5.56 Å². The Morgan fingerprint density at radius 3 is 2.38 bits per heavy atom. The molecule has 0 bridgehead atoms. The minimum atomic E-state index is -0.262. The van der Waals surface area contributed by atoms with E-state index in [1.165, 1.54) is 16.3 Å². The van der Waals surface area contributed by atoms with Gasteiger partial charge in [-0.2, -0.15) is 10.1 Å². The molecule has 0 saturated carbocycles. The smallest absolute Gasteiger partial charge is 0.280 e. The molecule has 0 radical (unpaired) electrons. The summed E-state index contributed by atoms with van der Waals surface area (Å²) in [6, 6.07) is 26.7. The molecular formula is C27H21N3O3S. The van der Waals surface area contributed by atoms with E-state index < -0.39 is 0 Å². The average molecular weight is 468 g/mol. The lowest BCUT2D eigenvalue weighted by molar-refractivity contribution is 0.0988. The van der Waals surface area contributed by atoms with Gasteiger partial charge in [-0.15, -0.1) is 0 Å². The van der Waals surface area contributed by atoms with Gasteiger partial charge < -0.3 is 9.47 Å². The lowest BCUT2D eigenvalue weighted by Gasteiger charge is -2.14. The third-order valence-corrected chi connectivity index (χ3v) is 6.39. The Labute approximate surface area is 200 Å². The maximum atomic E-state index is 13.6. The van der Waals surface area contributed by atoms with Crippen LogP contribution in [0.5, 0.6) is 11.5 Å². The fourth-order valence-electron chi connectivity index (χ4n) is 3.56. The van der Waals surface area contributed by atoms with Crippen molar-refractivity contribution in [3.63, 3.8) is 0 Å². The van der Waals surface area contributed by atoms with E-state index in [0.29, 0.717) is 10.7 Å². The summed E-state index contributed by atoms with van der Waals surface area (Å²) in [5, 5.41) is 8.44.